The quantitative estimate of drug-likeness (QED) is 0.780. The maximum atomic E-state index is 12.5. The van der Waals surface area contributed by atoms with E-state index in [1.807, 2.05) is 13.8 Å². The zero-order chi connectivity index (χ0) is 14.9. The molecule has 0 aliphatic heterocycles. The Hall–Kier alpha value is -2.37. The molecule has 0 spiro atoms. The van der Waals surface area contributed by atoms with Gasteiger partial charge < -0.3 is 4.74 Å². The normalized spacial score (nSPS) is 10.8. The van der Waals surface area contributed by atoms with Crippen molar-refractivity contribution in [3.63, 3.8) is 0 Å². The zero-order valence-electron chi connectivity index (χ0n) is 11.8. The Morgan fingerprint density at radius 3 is 2.75 bits per heavy atom. The van der Waals surface area contributed by atoms with Crippen molar-refractivity contribution in [2.45, 2.75) is 20.4 Å². The molecule has 0 amide bonds. The second-order valence-corrected chi connectivity index (χ2v) is 4.45. The van der Waals surface area contributed by atoms with Crippen molar-refractivity contribution in [3.05, 3.63) is 45.3 Å². The maximum Gasteiger partial charge on any atom is 0.332 e. The van der Waals surface area contributed by atoms with Gasteiger partial charge in [-0.2, -0.15) is 0 Å². The number of hydrogen-bond acceptors (Lipinski definition) is 4. The molecule has 0 saturated heterocycles. The fraction of sp³-hybridized carbons (Fsp3) is 0.357. The topological polar surface area (TPSA) is 66.1 Å². The highest BCUT2D eigenvalue weighted by Crippen LogP contribution is 2.24. The summed E-state index contributed by atoms with van der Waals surface area (Å²) in [5, 5.41) is 0.329. The summed E-state index contributed by atoms with van der Waals surface area (Å²) in [6.07, 6.45) is 3.11. The summed E-state index contributed by atoms with van der Waals surface area (Å²) in [6, 6.07) is 0. The molecule has 106 valence electrons. The van der Waals surface area contributed by atoms with E-state index >= 15 is 0 Å². The first kappa shape index (κ1) is 14.0. The second-order valence-electron chi connectivity index (χ2n) is 4.45. The third-order valence-electron chi connectivity index (χ3n) is 3.08. The molecular weight excluding hydrogens is 258 g/mol. The van der Waals surface area contributed by atoms with Crippen molar-refractivity contribution in [1.82, 2.24) is 14.1 Å². The first-order valence-corrected chi connectivity index (χ1v) is 6.35. The second kappa shape index (κ2) is 5.32. The fourth-order valence-electron chi connectivity index (χ4n) is 2.14. The van der Waals surface area contributed by atoms with Gasteiger partial charge in [-0.25, -0.2) is 9.78 Å². The lowest BCUT2D eigenvalue weighted by Gasteiger charge is -2.13. The van der Waals surface area contributed by atoms with Crippen molar-refractivity contribution >= 4 is 11.0 Å². The molecule has 0 saturated carbocycles. The fourth-order valence-corrected chi connectivity index (χ4v) is 2.14. The van der Waals surface area contributed by atoms with Crippen LogP contribution >= 0.6 is 0 Å². The Balaban J connectivity index is 3.01. The number of ether oxygens (including phenoxy) is 1. The molecule has 6 nitrogen and oxygen atoms in total. The van der Waals surface area contributed by atoms with Gasteiger partial charge in [-0.1, -0.05) is 6.08 Å². The Morgan fingerprint density at radius 2 is 2.15 bits per heavy atom. The molecule has 0 aromatic carbocycles. The molecule has 2 aromatic heterocycles. The number of hydrogen-bond donors (Lipinski definition) is 0. The Kier molecular flexibility index (Phi) is 3.74. The van der Waals surface area contributed by atoms with Crippen LogP contribution in [-0.2, 0) is 13.6 Å². The monoisotopic (exact) mass is 275 g/mol. The van der Waals surface area contributed by atoms with Crippen LogP contribution in [0.4, 0.5) is 0 Å². The molecular formula is C14H17N3O3. The van der Waals surface area contributed by atoms with Gasteiger partial charge in [-0.05, 0) is 13.8 Å². The van der Waals surface area contributed by atoms with Gasteiger partial charge >= 0.3 is 5.69 Å². The summed E-state index contributed by atoms with van der Waals surface area (Å²) in [4.78, 5) is 28.9. The third-order valence-corrected chi connectivity index (χ3v) is 3.08. The minimum absolute atomic E-state index is 0.154. The summed E-state index contributed by atoms with van der Waals surface area (Å²) in [7, 11) is 1.59. The number of nitrogens with zero attached hydrogens (tertiary/aromatic N) is 3. The number of pyridine rings is 1. The number of aryl methyl sites for hydroxylation is 2. The lowest BCUT2D eigenvalue weighted by molar-refractivity contribution is 0.341. The van der Waals surface area contributed by atoms with Crippen LogP contribution in [-0.4, -0.2) is 20.7 Å². The van der Waals surface area contributed by atoms with E-state index in [9.17, 15) is 9.59 Å². The van der Waals surface area contributed by atoms with Gasteiger partial charge in [0, 0.05) is 25.4 Å². The van der Waals surface area contributed by atoms with Gasteiger partial charge in [-0.3, -0.25) is 13.9 Å². The molecule has 2 rings (SSSR count). The summed E-state index contributed by atoms with van der Waals surface area (Å²) in [5.41, 5.74) is 0.276. The summed E-state index contributed by atoms with van der Waals surface area (Å²) in [6.45, 7) is 7.82. The Morgan fingerprint density at radius 1 is 1.45 bits per heavy atom. The van der Waals surface area contributed by atoms with Crippen molar-refractivity contribution in [1.29, 1.82) is 0 Å². The predicted octanol–water partition coefficient (Wildman–Crippen LogP) is 0.988. The summed E-state index contributed by atoms with van der Waals surface area (Å²) >= 11 is 0. The van der Waals surface area contributed by atoms with Gasteiger partial charge in [0.05, 0.1) is 6.61 Å². The van der Waals surface area contributed by atoms with E-state index in [0.29, 0.717) is 23.4 Å². The highest BCUT2D eigenvalue weighted by atomic mass is 16.5. The SMILES string of the molecule is C=CCn1c(=O)c2c(OCC)c(C)cnc2n(C)c1=O. The molecule has 20 heavy (non-hydrogen) atoms. The lowest BCUT2D eigenvalue weighted by atomic mass is 10.2. The number of aromatic nitrogens is 3. The smallest absolute Gasteiger partial charge is 0.332 e. The first-order valence-electron chi connectivity index (χ1n) is 6.35. The van der Waals surface area contributed by atoms with Gasteiger partial charge in [0.2, 0.25) is 0 Å². The van der Waals surface area contributed by atoms with Crippen molar-refractivity contribution < 1.29 is 4.74 Å². The molecule has 0 bridgehead atoms. The summed E-state index contributed by atoms with van der Waals surface area (Å²) < 4.78 is 8.04. The Bertz CT molecular complexity index is 787. The van der Waals surface area contributed by atoms with Crippen LogP contribution in [0.3, 0.4) is 0 Å². The van der Waals surface area contributed by atoms with Crippen molar-refractivity contribution in [2.24, 2.45) is 7.05 Å². The average molecular weight is 275 g/mol. The molecule has 6 heteroatoms. The van der Waals surface area contributed by atoms with E-state index in [-0.39, 0.29) is 6.54 Å². The Labute approximate surface area is 115 Å². The number of allylic oxidation sites excluding steroid dienone is 1. The van der Waals surface area contributed by atoms with E-state index in [1.165, 1.54) is 10.6 Å². The highest BCUT2D eigenvalue weighted by molar-refractivity contribution is 5.82. The number of fused-ring (bicyclic) bond motifs is 1. The zero-order valence-corrected chi connectivity index (χ0v) is 11.8. The van der Waals surface area contributed by atoms with E-state index < -0.39 is 11.2 Å². The number of rotatable bonds is 4. The highest BCUT2D eigenvalue weighted by Gasteiger charge is 2.17. The van der Waals surface area contributed by atoms with E-state index in [1.54, 1.807) is 13.2 Å². The molecule has 0 N–H and O–H groups in total. The van der Waals surface area contributed by atoms with Crippen LogP contribution < -0.4 is 16.0 Å². The molecule has 2 aromatic rings. The van der Waals surface area contributed by atoms with E-state index in [4.69, 9.17) is 4.74 Å². The van der Waals surface area contributed by atoms with E-state index in [2.05, 4.69) is 11.6 Å². The lowest BCUT2D eigenvalue weighted by Crippen LogP contribution is -2.39. The molecule has 0 aliphatic rings. The van der Waals surface area contributed by atoms with Crippen LogP contribution in [0.5, 0.6) is 5.75 Å². The standard InChI is InChI=1S/C14H17N3O3/c1-5-7-17-13(18)10-11(20-6-2)9(3)8-15-12(10)16(4)14(17)19/h5,8H,1,6-7H2,2-4H3. The molecule has 0 fully saturated rings. The van der Waals surface area contributed by atoms with Crippen LogP contribution in [0.15, 0.2) is 28.4 Å². The summed E-state index contributed by atoms with van der Waals surface area (Å²) in [5.74, 6) is 0.482. The minimum Gasteiger partial charge on any atom is -0.493 e. The van der Waals surface area contributed by atoms with Gasteiger partial charge in [-0.15, -0.1) is 6.58 Å². The molecule has 2 heterocycles. The van der Waals surface area contributed by atoms with Gasteiger partial charge in [0.15, 0.2) is 5.65 Å². The third kappa shape index (κ3) is 2.03. The molecule has 0 unspecified atom stereocenters. The largest absolute Gasteiger partial charge is 0.493 e. The molecule has 0 radical (unpaired) electrons. The molecule has 0 aliphatic carbocycles. The van der Waals surface area contributed by atoms with Crippen LogP contribution in [0.1, 0.15) is 12.5 Å². The van der Waals surface area contributed by atoms with Crippen LogP contribution in [0.25, 0.3) is 11.0 Å². The average Bonchev–Trinajstić information content (AvgIpc) is 2.43. The van der Waals surface area contributed by atoms with Gasteiger partial charge in [0.25, 0.3) is 5.56 Å². The first-order chi connectivity index (χ1) is 9.52. The van der Waals surface area contributed by atoms with Crippen LogP contribution in [0, 0.1) is 6.92 Å². The predicted molar refractivity (Wildman–Crippen MR) is 77.3 cm³/mol. The molecule has 0 atom stereocenters. The van der Waals surface area contributed by atoms with Crippen molar-refractivity contribution in [3.8, 4) is 5.75 Å². The van der Waals surface area contributed by atoms with Crippen molar-refractivity contribution in [2.75, 3.05) is 6.61 Å². The maximum absolute atomic E-state index is 12.5. The minimum atomic E-state index is -0.416. The van der Waals surface area contributed by atoms with Gasteiger partial charge in [0.1, 0.15) is 11.1 Å². The van der Waals surface area contributed by atoms with E-state index in [0.717, 1.165) is 10.1 Å². The van der Waals surface area contributed by atoms with Crippen LogP contribution in [0.2, 0.25) is 0 Å².